The lowest BCUT2D eigenvalue weighted by molar-refractivity contribution is -0.207. The highest BCUT2D eigenvalue weighted by Crippen LogP contribution is 2.51. The van der Waals surface area contributed by atoms with Gasteiger partial charge in [0.25, 0.3) is 5.91 Å². The molecule has 116 valence electrons. The summed E-state index contributed by atoms with van der Waals surface area (Å²) in [6.07, 6.45) is 2.32. The van der Waals surface area contributed by atoms with Crippen molar-refractivity contribution in [1.29, 1.82) is 0 Å². The van der Waals surface area contributed by atoms with E-state index in [0.717, 1.165) is 43.5 Å². The summed E-state index contributed by atoms with van der Waals surface area (Å²) >= 11 is 1.57. The average Bonchev–Trinajstić information content (AvgIpc) is 2.92. The van der Waals surface area contributed by atoms with E-state index in [4.69, 9.17) is 4.74 Å². The molecule has 1 spiro atoms. The van der Waals surface area contributed by atoms with E-state index in [1.165, 1.54) is 0 Å². The molecule has 1 saturated heterocycles. The number of carbonyl (C=O) groups excluding carboxylic acids is 1. The lowest BCUT2D eigenvalue weighted by Gasteiger charge is -2.56. The second-order valence-corrected chi connectivity index (χ2v) is 6.93. The number of amides is 1. The Morgan fingerprint density at radius 3 is 2.71 bits per heavy atom. The molecule has 1 aliphatic heterocycles. The molecule has 1 amide bonds. The lowest BCUT2D eigenvalue weighted by atomic mass is 9.58. The third-order valence-corrected chi connectivity index (χ3v) is 6.04. The Morgan fingerprint density at radius 2 is 2.19 bits per heavy atom. The van der Waals surface area contributed by atoms with Crippen molar-refractivity contribution in [2.45, 2.75) is 45.3 Å². The molecule has 1 aliphatic carbocycles. The molecule has 2 atom stereocenters. The molecule has 0 radical (unpaired) electrons. The van der Waals surface area contributed by atoms with Crippen LogP contribution in [-0.2, 0) is 4.74 Å². The topological polar surface area (TPSA) is 49.8 Å². The van der Waals surface area contributed by atoms with Crippen LogP contribution in [0.4, 0.5) is 0 Å². The van der Waals surface area contributed by atoms with E-state index in [-0.39, 0.29) is 23.5 Å². The number of aryl methyl sites for hydroxylation is 1. The number of aliphatic hydroxyl groups excluding tert-OH is 1. The van der Waals surface area contributed by atoms with E-state index in [9.17, 15) is 9.90 Å². The highest BCUT2D eigenvalue weighted by atomic mass is 32.1. The number of thiophene rings is 1. The smallest absolute Gasteiger partial charge is 0.254 e. The molecule has 1 aromatic rings. The van der Waals surface area contributed by atoms with Gasteiger partial charge in [0.1, 0.15) is 0 Å². The van der Waals surface area contributed by atoms with Crippen molar-refractivity contribution in [3.05, 3.63) is 21.9 Å². The zero-order valence-corrected chi connectivity index (χ0v) is 13.5. The van der Waals surface area contributed by atoms with E-state index in [1.807, 2.05) is 29.5 Å². The molecule has 0 aromatic carbocycles. The van der Waals surface area contributed by atoms with Gasteiger partial charge >= 0.3 is 0 Å². The van der Waals surface area contributed by atoms with Gasteiger partial charge in [-0.2, -0.15) is 11.3 Å². The molecule has 2 fully saturated rings. The van der Waals surface area contributed by atoms with E-state index in [2.05, 4.69) is 0 Å². The number of piperidine rings is 1. The number of carbonyl (C=O) groups is 1. The first-order chi connectivity index (χ1) is 10.1. The fraction of sp³-hybridized carbons (Fsp3) is 0.688. The quantitative estimate of drug-likeness (QED) is 0.933. The summed E-state index contributed by atoms with van der Waals surface area (Å²) in [5, 5.41) is 14.1. The molecule has 5 heteroatoms. The minimum absolute atomic E-state index is 0.115. The summed E-state index contributed by atoms with van der Waals surface area (Å²) in [5.74, 6) is 0.130. The summed E-state index contributed by atoms with van der Waals surface area (Å²) in [5.41, 5.74) is 1.77. The average molecular weight is 309 g/mol. The Morgan fingerprint density at radius 1 is 1.48 bits per heavy atom. The SMILES string of the molecule is CCOC1CC(O)C12CCN(C(=O)c1cscc1C)CC2. The minimum Gasteiger partial charge on any atom is -0.392 e. The van der Waals surface area contributed by atoms with Crippen molar-refractivity contribution in [3.63, 3.8) is 0 Å². The Kier molecular flexibility index (Phi) is 4.08. The van der Waals surface area contributed by atoms with Crippen LogP contribution in [0.3, 0.4) is 0 Å². The van der Waals surface area contributed by atoms with E-state index in [1.54, 1.807) is 11.3 Å². The lowest BCUT2D eigenvalue weighted by Crippen LogP contribution is -2.62. The minimum atomic E-state index is -0.269. The summed E-state index contributed by atoms with van der Waals surface area (Å²) in [6, 6.07) is 0. The number of ether oxygens (including phenoxy) is 1. The standard InChI is InChI=1S/C16H23NO3S/c1-3-20-14-8-13(18)16(14)4-6-17(7-5-16)15(19)12-10-21-9-11(12)2/h9-10,13-14,18H,3-8H2,1-2H3. The number of aliphatic hydroxyl groups is 1. The number of likely N-dealkylation sites (tertiary alicyclic amines) is 1. The van der Waals surface area contributed by atoms with Gasteiger partial charge in [-0.3, -0.25) is 4.79 Å². The first-order valence-corrected chi connectivity index (χ1v) is 8.64. The van der Waals surface area contributed by atoms with Crippen molar-refractivity contribution in [2.24, 2.45) is 5.41 Å². The van der Waals surface area contributed by atoms with Gasteiger partial charge in [-0.05, 0) is 37.6 Å². The van der Waals surface area contributed by atoms with Gasteiger partial charge in [0.2, 0.25) is 0 Å². The molecule has 1 aromatic heterocycles. The van der Waals surface area contributed by atoms with Crippen LogP contribution in [-0.4, -0.2) is 47.8 Å². The van der Waals surface area contributed by atoms with Gasteiger partial charge in [0, 0.05) is 36.9 Å². The Labute approximate surface area is 129 Å². The predicted molar refractivity (Wildman–Crippen MR) is 82.7 cm³/mol. The van der Waals surface area contributed by atoms with Crippen molar-refractivity contribution >= 4 is 17.2 Å². The molecule has 3 rings (SSSR count). The Balaban J connectivity index is 1.65. The van der Waals surface area contributed by atoms with Gasteiger partial charge in [-0.25, -0.2) is 0 Å². The van der Waals surface area contributed by atoms with Gasteiger partial charge in [0.05, 0.1) is 17.8 Å². The normalized spacial score (nSPS) is 27.7. The van der Waals surface area contributed by atoms with Crippen LogP contribution in [0, 0.1) is 12.3 Å². The monoisotopic (exact) mass is 309 g/mol. The maximum Gasteiger partial charge on any atom is 0.254 e. The molecular formula is C16H23NO3S. The second kappa shape index (κ2) is 5.71. The fourth-order valence-corrected chi connectivity index (χ4v) is 4.51. The molecule has 4 nitrogen and oxygen atoms in total. The largest absolute Gasteiger partial charge is 0.392 e. The zero-order valence-electron chi connectivity index (χ0n) is 12.7. The van der Waals surface area contributed by atoms with Crippen molar-refractivity contribution in [2.75, 3.05) is 19.7 Å². The maximum atomic E-state index is 12.5. The molecule has 1 N–H and O–H groups in total. The number of nitrogens with zero attached hydrogens (tertiary/aromatic N) is 1. The van der Waals surface area contributed by atoms with Crippen molar-refractivity contribution in [3.8, 4) is 0 Å². The number of rotatable bonds is 3. The third kappa shape index (κ3) is 2.41. The van der Waals surface area contributed by atoms with E-state index < -0.39 is 0 Å². The van der Waals surface area contributed by atoms with Crippen molar-refractivity contribution < 1.29 is 14.6 Å². The predicted octanol–water partition coefficient (Wildman–Crippen LogP) is 2.45. The molecule has 0 bridgehead atoms. The van der Waals surface area contributed by atoms with Crippen LogP contribution in [0.15, 0.2) is 10.8 Å². The zero-order chi connectivity index (χ0) is 15.0. The summed E-state index contributed by atoms with van der Waals surface area (Å²) in [7, 11) is 0. The van der Waals surface area contributed by atoms with Crippen LogP contribution in [0.25, 0.3) is 0 Å². The maximum absolute atomic E-state index is 12.5. The Hall–Kier alpha value is -0.910. The summed E-state index contributed by atoms with van der Waals surface area (Å²) in [6.45, 7) is 6.10. The van der Waals surface area contributed by atoms with Gasteiger partial charge in [-0.1, -0.05) is 0 Å². The second-order valence-electron chi connectivity index (χ2n) is 6.19. The summed E-state index contributed by atoms with van der Waals surface area (Å²) in [4.78, 5) is 14.5. The van der Waals surface area contributed by atoms with Crippen LogP contribution >= 0.6 is 11.3 Å². The first-order valence-electron chi connectivity index (χ1n) is 7.70. The van der Waals surface area contributed by atoms with Crippen molar-refractivity contribution in [1.82, 2.24) is 4.90 Å². The molecule has 2 heterocycles. The van der Waals surface area contributed by atoms with Crippen LogP contribution in [0.5, 0.6) is 0 Å². The Bertz CT molecular complexity index is 517. The molecule has 21 heavy (non-hydrogen) atoms. The first kappa shape index (κ1) is 15.0. The summed E-state index contributed by atoms with van der Waals surface area (Å²) < 4.78 is 5.77. The van der Waals surface area contributed by atoms with Crippen LogP contribution < -0.4 is 0 Å². The molecular weight excluding hydrogens is 286 g/mol. The molecule has 2 unspecified atom stereocenters. The number of hydrogen-bond donors (Lipinski definition) is 1. The fourth-order valence-electron chi connectivity index (χ4n) is 3.69. The van der Waals surface area contributed by atoms with Gasteiger partial charge < -0.3 is 14.7 Å². The highest BCUT2D eigenvalue weighted by Gasteiger charge is 2.56. The molecule has 1 saturated carbocycles. The van der Waals surface area contributed by atoms with E-state index in [0.29, 0.717) is 6.61 Å². The van der Waals surface area contributed by atoms with Crippen LogP contribution in [0.1, 0.15) is 42.1 Å². The number of hydrogen-bond acceptors (Lipinski definition) is 4. The van der Waals surface area contributed by atoms with E-state index >= 15 is 0 Å². The van der Waals surface area contributed by atoms with Gasteiger partial charge in [-0.15, -0.1) is 0 Å². The molecule has 2 aliphatic rings. The highest BCUT2D eigenvalue weighted by molar-refractivity contribution is 7.08. The van der Waals surface area contributed by atoms with Crippen LogP contribution in [0.2, 0.25) is 0 Å². The van der Waals surface area contributed by atoms with Gasteiger partial charge in [0.15, 0.2) is 0 Å². The third-order valence-electron chi connectivity index (χ3n) is 5.18.